The van der Waals surface area contributed by atoms with E-state index in [1.807, 2.05) is 36.4 Å². The van der Waals surface area contributed by atoms with E-state index in [-0.39, 0.29) is 18.4 Å². The van der Waals surface area contributed by atoms with Crippen molar-refractivity contribution < 1.29 is 19.1 Å². The van der Waals surface area contributed by atoms with Crippen LogP contribution < -0.4 is 15.4 Å². The third kappa shape index (κ3) is 8.05. The molecule has 0 aromatic heterocycles. The molecular formula is C28H38N4O4. The van der Waals surface area contributed by atoms with Crippen LogP contribution in [0.1, 0.15) is 40.7 Å². The van der Waals surface area contributed by atoms with Crippen molar-refractivity contribution in [3.05, 3.63) is 65.2 Å². The van der Waals surface area contributed by atoms with Crippen molar-refractivity contribution in [2.24, 2.45) is 0 Å². The second kappa shape index (κ2) is 14.0. The molecule has 2 amide bonds. The summed E-state index contributed by atoms with van der Waals surface area (Å²) in [6, 6.07) is 15.8. The van der Waals surface area contributed by atoms with Gasteiger partial charge in [-0.05, 0) is 37.0 Å². The van der Waals surface area contributed by atoms with E-state index in [1.54, 1.807) is 0 Å². The number of carbonyl (C=O) groups excluding carboxylic acids is 2. The second-order valence-corrected chi connectivity index (χ2v) is 9.38. The molecule has 1 saturated heterocycles. The van der Waals surface area contributed by atoms with Gasteiger partial charge < -0.3 is 20.1 Å². The lowest BCUT2D eigenvalue weighted by Gasteiger charge is -2.27. The first-order valence-corrected chi connectivity index (χ1v) is 13.0. The van der Waals surface area contributed by atoms with Crippen molar-refractivity contribution in [1.82, 2.24) is 20.4 Å². The monoisotopic (exact) mass is 494 g/mol. The summed E-state index contributed by atoms with van der Waals surface area (Å²) in [5, 5.41) is 6.13. The number of carbonyl (C=O) groups is 2. The van der Waals surface area contributed by atoms with Gasteiger partial charge >= 0.3 is 0 Å². The minimum atomic E-state index is -0.114. The minimum absolute atomic E-state index is 0.0000835. The molecule has 0 aliphatic carbocycles. The van der Waals surface area contributed by atoms with Crippen molar-refractivity contribution >= 4 is 11.8 Å². The number of morpholine rings is 1. The number of nitrogens with zero attached hydrogens (tertiary/aromatic N) is 2. The van der Waals surface area contributed by atoms with Crippen LogP contribution in [0.5, 0.6) is 5.75 Å². The van der Waals surface area contributed by atoms with E-state index in [4.69, 9.17) is 9.47 Å². The van der Waals surface area contributed by atoms with Gasteiger partial charge in [0.2, 0.25) is 5.91 Å². The highest BCUT2D eigenvalue weighted by Crippen LogP contribution is 2.26. The zero-order valence-corrected chi connectivity index (χ0v) is 21.0. The molecule has 2 N–H and O–H groups in total. The SMILES string of the molecule is O=C1CN(Cc2ccccc2)Cc2c(cccc2C(=O)NCCN2CCOCC2)OCCCCCN1. The molecule has 2 aromatic carbocycles. The number of amides is 2. The van der Waals surface area contributed by atoms with Crippen LogP contribution in [0, 0.1) is 0 Å². The number of fused-ring (bicyclic) bond motifs is 1. The molecule has 2 aromatic rings. The van der Waals surface area contributed by atoms with Crippen molar-refractivity contribution in [2.45, 2.75) is 32.4 Å². The molecule has 36 heavy (non-hydrogen) atoms. The molecule has 2 heterocycles. The molecule has 0 spiro atoms. The van der Waals surface area contributed by atoms with Gasteiger partial charge in [0.05, 0.1) is 26.4 Å². The normalized spacial score (nSPS) is 18.5. The fraction of sp³-hybridized carbons (Fsp3) is 0.500. The Hall–Kier alpha value is -2.94. The van der Waals surface area contributed by atoms with Crippen LogP contribution in [-0.4, -0.2) is 80.7 Å². The van der Waals surface area contributed by atoms with Gasteiger partial charge in [-0.1, -0.05) is 36.4 Å². The van der Waals surface area contributed by atoms with Crippen molar-refractivity contribution in [3.63, 3.8) is 0 Å². The Balaban J connectivity index is 1.53. The Morgan fingerprint density at radius 1 is 0.917 bits per heavy atom. The maximum absolute atomic E-state index is 13.3. The van der Waals surface area contributed by atoms with E-state index in [9.17, 15) is 9.59 Å². The molecule has 2 aliphatic rings. The van der Waals surface area contributed by atoms with Gasteiger partial charge in [0.25, 0.3) is 5.91 Å². The first-order chi connectivity index (χ1) is 17.7. The van der Waals surface area contributed by atoms with Gasteiger partial charge in [0, 0.05) is 56.9 Å². The Labute approximate surface area is 213 Å². The smallest absolute Gasteiger partial charge is 0.251 e. The first-order valence-electron chi connectivity index (χ1n) is 13.0. The molecule has 0 unspecified atom stereocenters. The molecule has 1 fully saturated rings. The summed E-state index contributed by atoms with van der Waals surface area (Å²) in [6.45, 7) is 7.16. The van der Waals surface area contributed by atoms with Crippen LogP contribution in [0.4, 0.5) is 0 Å². The van der Waals surface area contributed by atoms with Gasteiger partial charge in [-0.15, -0.1) is 0 Å². The van der Waals surface area contributed by atoms with Crippen LogP contribution in [0.25, 0.3) is 0 Å². The number of nitrogens with one attached hydrogen (secondary N) is 2. The fourth-order valence-electron chi connectivity index (χ4n) is 4.63. The second-order valence-electron chi connectivity index (χ2n) is 9.38. The number of ether oxygens (including phenoxy) is 2. The summed E-state index contributed by atoms with van der Waals surface area (Å²) in [5.74, 6) is 0.603. The van der Waals surface area contributed by atoms with Crippen molar-refractivity contribution in [2.75, 3.05) is 59.1 Å². The van der Waals surface area contributed by atoms with Crippen LogP contribution in [0.3, 0.4) is 0 Å². The number of benzene rings is 2. The van der Waals surface area contributed by atoms with Crippen LogP contribution >= 0.6 is 0 Å². The lowest BCUT2D eigenvalue weighted by Crippen LogP contribution is -2.41. The Bertz CT molecular complexity index is 979. The van der Waals surface area contributed by atoms with Crippen molar-refractivity contribution in [1.29, 1.82) is 0 Å². The van der Waals surface area contributed by atoms with Gasteiger partial charge in [0.1, 0.15) is 5.75 Å². The topological polar surface area (TPSA) is 83.1 Å². The molecule has 0 atom stereocenters. The molecule has 194 valence electrons. The Morgan fingerprint density at radius 3 is 2.58 bits per heavy atom. The lowest BCUT2D eigenvalue weighted by atomic mass is 10.0. The molecule has 0 radical (unpaired) electrons. The largest absolute Gasteiger partial charge is 0.493 e. The Kier molecular flexibility index (Phi) is 10.1. The minimum Gasteiger partial charge on any atom is -0.493 e. The molecule has 8 heteroatoms. The number of rotatable bonds is 6. The van der Waals surface area contributed by atoms with E-state index < -0.39 is 0 Å². The summed E-state index contributed by atoms with van der Waals surface area (Å²) in [6.07, 6.45) is 2.80. The third-order valence-electron chi connectivity index (χ3n) is 6.59. The zero-order chi connectivity index (χ0) is 25.0. The highest BCUT2D eigenvalue weighted by atomic mass is 16.5. The molecular weight excluding hydrogens is 456 g/mol. The van der Waals surface area contributed by atoms with Crippen LogP contribution in [0.2, 0.25) is 0 Å². The molecule has 4 rings (SSSR count). The molecule has 2 aliphatic heterocycles. The van der Waals surface area contributed by atoms with E-state index in [2.05, 4.69) is 32.6 Å². The first kappa shape index (κ1) is 26.1. The van der Waals surface area contributed by atoms with E-state index >= 15 is 0 Å². The van der Waals surface area contributed by atoms with Gasteiger partial charge in [0.15, 0.2) is 0 Å². The summed E-state index contributed by atoms with van der Waals surface area (Å²) >= 11 is 0. The predicted octanol–water partition coefficient (Wildman–Crippen LogP) is 2.43. The zero-order valence-electron chi connectivity index (χ0n) is 21.0. The quantitative estimate of drug-likeness (QED) is 0.642. The fourth-order valence-corrected chi connectivity index (χ4v) is 4.63. The van der Waals surface area contributed by atoms with E-state index in [0.717, 1.165) is 63.2 Å². The average molecular weight is 495 g/mol. The molecule has 8 nitrogen and oxygen atoms in total. The van der Waals surface area contributed by atoms with Gasteiger partial charge in [-0.25, -0.2) is 0 Å². The van der Waals surface area contributed by atoms with Crippen LogP contribution in [0.15, 0.2) is 48.5 Å². The maximum atomic E-state index is 13.3. The summed E-state index contributed by atoms with van der Waals surface area (Å²) in [5.41, 5.74) is 2.54. The van der Waals surface area contributed by atoms with Gasteiger partial charge in [-0.3, -0.25) is 19.4 Å². The van der Waals surface area contributed by atoms with E-state index in [0.29, 0.717) is 44.1 Å². The maximum Gasteiger partial charge on any atom is 0.251 e. The molecule has 0 bridgehead atoms. The summed E-state index contributed by atoms with van der Waals surface area (Å²) in [7, 11) is 0. The highest BCUT2D eigenvalue weighted by Gasteiger charge is 2.21. The Morgan fingerprint density at radius 2 is 1.75 bits per heavy atom. The number of hydrogen-bond donors (Lipinski definition) is 2. The standard InChI is InChI=1S/C28H38N4O4/c33-27-22-32(20-23-8-3-1-4-9-23)21-25-24(28(34)30-13-14-31-15-18-35-19-16-31)10-7-11-26(25)36-17-6-2-5-12-29-27/h1,3-4,7-11H,2,5-6,12-22H2,(H,29,33)(H,30,34). The third-order valence-corrected chi connectivity index (χ3v) is 6.59. The highest BCUT2D eigenvalue weighted by molar-refractivity contribution is 5.96. The van der Waals surface area contributed by atoms with Gasteiger partial charge in [-0.2, -0.15) is 0 Å². The molecule has 0 saturated carbocycles. The van der Waals surface area contributed by atoms with E-state index in [1.165, 1.54) is 0 Å². The lowest BCUT2D eigenvalue weighted by molar-refractivity contribution is -0.122. The van der Waals surface area contributed by atoms with Crippen LogP contribution in [-0.2, 0) is 22.6 Å². The number of hydrogen-bond acceptors (Lipinski definition) is 6. The van der Waals surface area contributed by atoms with Crippen molar-refractivity contribution in [3.8, 4) is 5.75 Å². The predicted molar refractivity (Wildman–Crippen MR) is 139 cm³/mol. The summed E-state index contributed by atoms with van der Waals surface area (Å²) in [4.78, 5) is 30.4. The summed E-state index contributed by atoms with van der Waals surface area (Å²) < 4.78 is 11.6. The average Bonchev–Trinajstić information content (AvgIpc) is 2.91.